The quantitative estimate of drug-likeness (QED) is 0.947. The molecule has 104 valence electrons. The van der Waals surface area contributed by atoms with Crippen LogP contribution in [0.1, 0.15) is 22.0 Å². The van der Waals surface area contributed by atoms with Gasteiger partial charge in [-0.15, -0.1) is 11.3 Å². The summed E-state index contributed by atoms with van der Waals surface area (Å²) in [6, 6.07) is 3.16. The van der Waals surface area contributed by atoms with Crippen molar-refractivity contribution in [3.8, 4) is 0 Å². The zero-order valence-electron chi connectivity index (χ0n) is 10.6. The number of aromatic nitrogens is 1. The first kappa shape index (κ1) is 13.5. The van der Waals surface area contributed by atoms with Crippen molar-refractivity contribution in [3.63, 3.8) is 0 Å². The van der Waals surface area contributed by atoms with Crippen LogP contribution in [0.2, 0.25) is 5.02 Å². The number of hydrogen-bond donors (Lipinski definition) is 1. The molecule has 6 heteroatoms. The van der Waals surface area contributed by atoms with Crippen molar-refractivity contribution in [1.29, 1.82) is 0 Å². The number of rotatable bonds is 3. The predicted octanol–water partition coefficient (Wildman–Crippen LogP) is 2.98. The van der Waals surface area contributed by atoms with Gasteiger partial charge in [-0.05, 0) is 35.1 Å². The molecular weight excluding hydrogens is 296 g/mol. The number of nitrogens with zero attached hydrogens (tertiary/aromatic N) is 2. The topological polar surface area (TPSA) is 53.4 Å². The largest absolute Gasteiger partial charge is 0.480 e. The van der Waals surface area contributed by atoms with Gasteiger partial charge in [-0.2, -0.15) is 0 Å². The Morgan fingerprint density at radius 3 is 3.15 bits per heavy atom. The van der Waals surface area contributed by atoms with Gasteiger partial charge in [0.1, 0.15) is 6.04 Å². The van der Waals surface area contributed by atoms with Gasteiger partial charge >= 0.3 is 5.97 Å². The highest BCUT2D eigenvalue weighted by molar-refractivity contribution is 7.10. The highest BCUT2D eigenvalue weighted by atomic mass is 35.5. The average molecular weight is 309 g/mol. The summed E-state index contributed by atoms with van der Waals surface area (Å²) >= 11 is 7.75. The summed E-state index contributed by atoms with van der Waals surface area (Å²) in [6.45, 7) is 1.25. The number of fused-ring (bicyclic) bond motifs is 1. The van der Waals surface area contributed by atoms with Crippen LogP contribution in [0.3, 0.4) is 0 Å². The number of carboxylic acid groups (broad SMARTS) is 1. The third-order valence-electron chi connectivity index (χ3n) is 3.53. The summed E-state index contributed by atoms with van der Waals surface area (Å²) in [4.78, 5) is 18.7. The van der Waals surface area contributed by atoms with Crippen LogP contribution in [-0.4, -0.2) is 27.5 Å². The molecule has 1 aliphatic heterocycles. The lowest BCUT2D eigenvalue weighted by Gasteiger charge is -2.33. The molecule has 0 saturated heterocycles. The second kappa shape index (κ2) is 5.52. The van der Waals surface area contributed by atoms with Crippen molar-refractivity contribution in [1.82, 2.24) is 9.88 Å². The lowest BCUT2D eigenvalue weighted by atomic mass is 9.99. The number of halogens is 1. The Hall–Kier alpha value is -1.43. The first-order valence-corrected chi connectivity index (χ1v) is 7.54. The Bertz CT molecular complexity index is 644. The minimum Gasteiger partial charge on any atom is -0.480 e. The third kappa shape index (κ3) is 2.44. The summed E-state index contributed by atoms with van der Waals surface area (Å²) in [5.41, 5.74) is 1.82. The van der Waals surface area contributed by atoms with Gasteiger partial charge in [0.15, 0.2) is 0 Å². The van der Waals surface area contributed by atoms with Crippen molar-refractivity contribution in [2.45, 2.75) is 19.0 Å². The molecule has 0 spiro atoms. The molecule has 0 radical (unpaired) electrons. The fourth-order valence-corrected chi connectivity index (χ4v) is 3.66. The minimum absolute atomic E-state index is 0.521. The second-order valence-electron chi connectivity index (χ2n) is 4.73. The minimum atomic E-state index is -0.811. The normalized spacial score (nSPS) is 18.8. The van der Waals surface area contributed by atoms with E-state index in [1.165, 1.54) is 4.88 Å². The molecule has 0 bridgehead atoms. The molecule has 1 N–H and O–H groups in total. The van der Waals surface area contributed by atoms with E-state index in [1.807, 2.05) is 22.4 Å². The fourth-order valence-electron chi connectivity index (χ4n) is 2.58. The number of hydrogen-bond acceptors (Lipinski definition) is 4. The van der Waals surface area contributed by atoms with Crippen LogP contribution in [0.25, 0.3) is 0 Å². The van der Waals surface area contributed by atoms with E-state index < -0.39 is 12.0 Å². The lowest BCUT2D eigenvalue weighted by Crippen LogP contribution is -2.38. The van der Waals surface area contributed by atoms with Gasteiger partial charge in [-0.1, -0.05) is 11.6 Å². The zero-order valence-corrected chi connectivity index (χ0v) is 12.2. The molecule has 1 atom stereocenters. The van der Waals surface area contributed by atoms with E-state index in [0.717, 1.165) is 24.1 Å². The number of carbonyl (C=O) groups is 1. The number of carboxylic acids is 1. The van der Waals surface area contributed by atoms with Gasteiger partial charge in [0.25, 0.3) is 0 Å². The summed E-state index contributed by atoms with van der Waals surface area (Å²) in [6.07, 6.45) is 4.16. The second-order valence-corrected chi connectivity index (χ2v) is 6.14. The molecule has 2 aromatic rings. The molecule has 0 fully saturated rings. The monoisotopic (exact) mass is 308 g/mol. The Labute approximate surface area is 125 Å². The zero-order chi connectivity index (χ0) is 14.1. The van der Waals surface area contributed by atoms with Crippen molar-refractivity contribution in [3.05, 3.63) is 50.9 Å². The van der Waals surface area contributed by atoms with Gasteiger partial charge in [-0.25, -0.2) is 0 Å². The van der Waals surface area contributed by atoms with Crippen molar-refractivity contribution >= 4 is 28.9 Å². The summed E-state index contributed by atoms with van der Waals surface area (Å²) in [7, 11) is 0. The molecule has 0 saturated carbocycles. The van der Waals surface area contributed by atoms with Crippen LogP contribution in [-0.2, 0) is 17.8 Å². The van der Waals surface area contributed by atoms with E-state index in [0.29, 0.717) is 11.6 Å². The molecule has 3 rings (SSSR count). The highest BCUT2D eigenvalue weighted by Gasteiger charge is 2.33. The van der Waals surface area contributed by atoms with Crippen LogP contribution in [0.15, 0.2) is 29.9 Å². The Morgan fingerprint density at radius 2 is 2.40 bits per heavy atom. The lowest BCUT2D eigenvalue weighted by molar-refractivity contribution is -0.144. The Kier molecular flexibility index (Phi) is 3.74. The van der Waals surface area contributed by atoms with E-state index in [2.05, 4.69) is 4.98 Å². The fraction of sp³-hybridized carbons (Fsp3) is 0.286. The average Bonchev–Trinajstić information content (AvgIpc) is 2.88. The molecule has 2 aromatic heterocycles. The van der Waals surface area contributed by atoms with Gasteiger partial charge in [0.2, 0.25) is 0 Å². The van der Waals surface area contributed by atoms with Crippen LogP contribution in [0.4, 0.5) is 0 Å². The highest BCUT2D eigenvalue weighted by Crippen LogP contribution is 2.34. The van der Waals surface area contributed by atoms with Gasteiger partial charge in [-0.3, -0.25) is 14.7 Å². The smallest absolute Gasteiger partial charge is 0.325 e. The molecule has 0 aliphatic carbocycles. The van der Waals surface area contributed by atoms with Crippen molar-refractivity contribution < 1.29 is 9.90 Å². The molecule has 0 amide bonds. The van der Waals surface area contributed by atoms with E-state index in [1.54, 1.807) is 23.7 Å². The summed E-state index contributed by atoms with van der Waals surface area (Å²) in [5.74, 6) is -0.811. The van der Waals surface area contributed by atoms with Crippen LogP contribution < -0.4 is 0 Å². The maximum Gasteiger partial charge on any atom is 0.325 e. The van der Waals surface area contributed by atoms with E-state index in [-0.39, 0.29) is 0 Å². The first-order valence-electron chi connectivity index (χ1n) is 6.28. The van der Waals surface area contributed by atoms with Gasteiger partial charge < -0.3 is 5.11 Å². The third-order valence-corrected chi connectivity index (χ3v) is 4.87. The molecule has 3 heterocycles. The van der Waals surface area contributed by atoms with Crippen molar-refractivity contribution in [2.75, 3.05) is 6.54 Å². The molecule has 20 heavy (non-hydrogen) atoms. The van der Waals surface area contributed by atoms with Crippen LogP contribution >= 0.6 is 22.9 Å². The van der Waals surface area contributed by atoms with Gasteiger partial charge in [0, 0.05) is 30.4 Å². The van der Waals surface area contributed by atoms with Gasteiger partial charge in [0.05, 0.1) is 5.02 Å². The maximum atomic E-state index is 11.6. The van der Waals surface area contributed by atoms with E-state index in [4.69, 9.17) is 11.6 Å². The van der Waals surface area contributed by atoms with Crippen LogP contribution in [0.5, 0.6) is 0 Å². The van der Waals surface area contributed by atoms with Crippen LogP contribution in [0, 0.1) is 0 Å². The number of thiophene rings is 1. The number of pyridine rings is 1. The summed E-state index contributed by atoms with van der Waals surface area (Å²) in [5, 5.41) is 12.1. The van der Waals surface area contributed by atoms with E-state index in [9.17, 15) is 9.90 Å². The van der Waals surface area contributed by atoms with Crippen molar-refractivity contribution in [2.24, 2.45) is 0 Å². The standard InChI is InChI=1S/C14H13ClN2O2S/c15-11-7-16-4-1-9(11)8-17-5-2-12-10(3-6-20-12)13(17)14(18)19/h1,3-4,6-7,13H,2,5,8H2,(H,18,19). The number of aliphatic carboxylic acids is 1. The molecule has 4 nitrogen and oxygen atoms in total. The Balaban J connectivity index is 1.90. The Morgan fingerprint density at radius 1 is 1.55 bits per heavy atom. The van der Waals surface area contributed by atoms with E-state index >= 15 is 0 Å². The molecule has 1 aliphatic rings. The molecular formula is C14H13ClN2O2S. The predicted molar refractivity (Wildman–Crippen MR) is 78.1 cm³/mol. The molecule has 1 unspecified atom stereocenters. The maximum absolute atomic E-state index is 11.6. The first-order chi connectivity index (χ1) is 9.66. The SMILES string of the molecule is O=C(O)C1c2ccsc2CCN1Cc1ccncc1Cl. The molecule has 0 aromatic carbocycles. The summed E-state index contributed by atoms with van der Waals surface area (Å²) < 4.78 is 0.